The molecule has 5 rings (SSSR count). The summed E-state index contributed by atoms with van der Waals surface area (Å²) in [6, 6.07) is 5.96. The van der Waals surface area contributed by atoms with E-state index in [0.29, 0.717) is 29.8 Å². The highest BCUT2D eigenvalue weighted by atomic mass is 19.4. The first-order valence-corrected chi connectivity index (χ1v) is 11.4. The van der Waals surface area contributed by atoms with Crippen molar-refractivity contribution in [2.45, 2.75) is 44.6 Å². The quantitative estimate of drug-likeness (QED) is 0.589. The lowest BCUT2D eigenvalue weighted by molar-refractivity contribution is -0.139. The minimum Gasteiger partial charge on any atom is -0.367 e. The van der Waals surface area contributed by atoms with Gasteiger partial charge in [-0.1, -0.05) is 0 Å². The molecule has 0 aromatic carbocycles. The van der Waals surface area contributed by atoms with Crippen LogP contribution < -0.4 is 15.8 Å². The van der Waals surface area contributed by atoms with Gasteiger partial charge >= 0.3 is 6.18 Å². The van der Waals surface area contributed by atoms with Crippen LogP contribution in [0.15, 0.2) is 35.4 Å². The average Bonchev–Trinajstić information content (AvgIpc) is 3.03. The molecule has 11 heteroatoms. The number of carbonyl (C=O) groups excluding carboxylic acids is 1. The number of nitrogens with one attached hydrogen (secondary N) is 2. The number of amides is 1. The molecular formula is C24H25F3N6O2. The van der Waals surface area contributed by atoms with E-state index in [4.69, 9.17) is 0 Å². The van der Waals surface area contributed by atoms with Gasteiger partial charge in [-0.15, -0.1) is 0 Å². The fraction of sp³-hybridized carbons (Fsp3) is 0.417. The summed E-state index contributed by atoms with van der Waals surface area (Å²) in [5.74, 6) is -0.225. The van der Waals surface area contributed by atoms with Crippen LogP contribution in [0.1, 0.15) is 40.0 Å². The van der Waals surface area contributed by atoms with E-state index in [1.807, 2.05) is 6.07 Å². The summed E-state index contributed by atoms with van der Waals surface area (Å²) in [5.41, 5.74) is 0.144. The second kappa shape index (κ2) is 8.63. The van der Waals surface area contributed by atoms with E-state index in [1.165, 1.54) is 6.92 Å². The molecule has 2 atom stereocenters. The summed E-state index contributed by atoms with van der Waals surface area (Å²) >= 11 is 0. The first-order valence-electron chi connectivity index (χ1n) is 11.4. The minimum atomic E-state index is -4.73. The molecule has 5 heterocycles. The molecule has 35 heavy (non-hydrogen) atoms. The van der Waals surface area contributed by atoms with Crippen molar-refractivity contribution >= 4 is 22.6 Å². The van der Waals surface area contributed by atoms with Crippen molar-refractivity contribution in [2.24, 2.45) is 0 Å². The van der Waals surface area contributed by atoms with E-state index in [2.05, 4.69) is 30.1 Å². The molecule has 0 spiro atoms. The summed E-state index contributed by atoms with van der Waals surface area (Å²) in [6.45, 7) is 3.50. The lowest BCUT2D eigenvalue weighted by atomic mass is 10.1. The number of nitrogens with zero attached hydrogens (tertiary/aromatic N) is 4. The maximum Gasteiger partial charge on any atom is 0.422 e. The SMILES string of the molecule is CNC(=O)c1ccc(N2CC3CCC(C2)N3Cc2cnc3c(C)c(C(F)(F)F)c(=O)[nH]c3c2)cn1. The molecule has 0 saturated carbocycles. The Bertz CT molecular complexity index is 1320. The molecule has 2 aliphatic heterocycles. The first-order chi connectivity index (χ1) is 16.7. The van der Waals surface area contributed by atoms with Crippen molar-refractivity contribution in [1.29, 1.82) is 0 Å². The summed E-state index contributed by atoms with van der Waals surface area (Å²) < 4.78 is 39.8. The van der Waals surface area contributed by atoms with E-state index in [9.17, 15) is 22.8 Å². The lowest BCUT2D eigenvalue weighted by Crippen LogP contribution is -2.53. The molecular weight excluding hydrogens is 461 g/mol. The molecule has 0 radical (unpaired) electrons. The highest BCUT2D eigenvalue weighted by Gasteiger charge is 2.40. The molecule has 3 aromatic rings. The highest BCUT2D eigenvalue weighted by molar-refractivity contribution is 5.92. The van der Waals surface area contributed by atoms with Crippen LogP contribution in [0.5, 0.6) is 0 Å². The number of carbonyl (C=O) groups is 1. The van der Waals surface area contributed by atoms with Gasteiger partial charge in [-0.05, 0) is 49.1 Å². The monoisotopic (exact) mass is 486 g/mol. The molecule has 3 aromatic heterocycles. The number of anilines is 1. The van der Waals surface area contributed by atoms with Gasteiger partial charge in [0.05, 0.1) is 22.9 Å². The molecule has 0 aliphatic carbocycles. The number of rotatable bonds is 4. The van der Waals surface area contributed by atoms with Crippen LogP contribution in [0.3, 0.4) is 0 Å². The molecule has 2 saturated heterocycles. The number of aryl methyl sites for hydroxylation is 1. The van der Waals surface area contributed by atoms with E-state index in [1.54, 1.807) is 31.6 Å². The molecule has 1 amide bonds. The third-order valence-corrected chi connectivity index (χ3v) is 7.00. The number of pyridine rings is 3. The number of hydrogen-bond acceptors (Lipinski definition) is 6. The number of aromatic nitrogens is 3. The van der Waals surface area contributed by atoms with Gasteiger partial charge in [0.15, 0.2) is 0 Å². The maximum absolute atomic E-state index is 13.3. The third kappa shape index (κ3) is 4.24. The summed E-state index contributed by atoms with van der Waals surface area (Å²) in [5, 5.41) is 2.56. The zero-order chi connectivity index (χ0) is 24.9. The molecule has 2 bridgehead atoms. The predicted molar refractivity (Wildman–Crippen MR) is 124 cm³/mol. The lowest BCUT2D eigenvalue weighted by Gasteiger charge is -2.42. The Hall–Kier alpha value is -3.47. The zero-order valence-electron chi connectivity index (χ0n) is 19.3. The fourth-order valence-electron chi connectivity index (χ4n) is 5.31. The van der Waals surface area contributed by atoms with Crippen LogP contribution in [0.25, 0.3) is 11.0 Å². The van der Waals surface area contributed by atoms with E-state index in [0.717, 1.165) is 37.2 Å². The van der Waals surface area contributed by atoms with Crippen LogP contribution in [0, 0.1) is 6.92 Å². The number of alkyl halides is 3. The molecule has 2 unspecified atom stereocenters. The zero-order valence-corrected chi connectivity index (χ0v) is 19.3. The van der Waals surface area contributed by atoms with Gasteiger partial charge in [0, 0.05) is 45.0 Å². The smallest absolute Gasteiger partial charge is 0.367 e. The number of hydrogen-bond donors (Lipinski definition) is 2. The average molecular weight is 486 g/mol. The van der Waals surface area contributed by atoms with Gasteiger partial charge in [-0.3, -0.25) is 19.5 Å². The van der Waals surface area contributed by atoms with Crippen LogP contribution in [-0.2, 0) is 12.7 Å². The molecule has 2 fully saturated rings. The second-order valence-corrected chi connectivity index (χ2v) is 9.13. The molecule has 2 aliphatic rings. The van der Waals surface area contributed by atoms with Crippen molar-refractivity contribution in [3.63, 3.8) is 0 Å². The Morgan fingerprint density at radius 3 is 2.49 bits per heavy atom. The number of aromatic amines is 1. The summed E-state index contributed by atoms with van der Waals surface area (Å²) in [6.07, 6.45) is 0.665. The highest BCUT2D eigenvalue weighted by Crippen LogP contribution is 2.35. The van der Waals surface area contributed by atoms with Gasteiger partial charge in [-0.25, -0.2) is 4.98 Å². The molecule has 2 N–H and O–H groups in total. The number of piperazine rings is 1. The number of H-pyrrole nitrogens is 1. The Labute approximate surface area is 199 Å². The normalized spacial score (nSPS) is 20.4. The van der Waals surface area contributed by atoms with Crippen LogP contribution in [0.4, 0.5) is 18.9 Å². The predicted octanol–water partition coefficient (Wildman–Crippen LogP) is 2.86. The van der Waals surface area contributed by atoms with Crippen molar-refractivity contribution in [1.82, 2.24) is 25.2 Å². The van der Waals surface area contributed by atoms with Gasteiger partial charge in [0.25, 0.3) is 11.5 Å². The number of fused-ring (bicyclic) bond motifs is 3. The van der Waals surface area contributed by atoms with E-state index in [-0.39, 0.29) is 17.0 Å². The Morgan fingerprint density at radius 2 is 1.89 bits per heavy atom. The maximum atomic E-state index is 13.3. The van der Waals surface area contributed by atoms with Crippen LogP contribution in [-0.4, -0.2) is 58.0 Å². The van der Waals surface area contributed by atoms with Gasteiger partial charge < -0.3 is 15.2 Å². The Morgan fingerprint density at radius 1 is 1.17 bits per heavy atom. The summed E-state index contributed by atoms with van der Waals surface area (Å²) in [4.78, 5) is 39.5. The Kier molecular flexibility index (Phi) is 5.74. The third-order valence-electron chi connectivity index (χ3n) is 7.00. The van der Waals surface area contributed by atoms with Crippen LogP contribution in [0.2, 0.25) is 0 Å². The fourth-order valence-corrected chi connectivity index (χ4v) is 5.31. The first kappa shape index (κ1) is 23.3. The Balaban J connectivity index is 1.34. The molecule has 8 nitrogen and oxygen atoms in total. The van der Waals surface area contributed by atoms with E-state index >= 15 is 0 Å². The van der Waals surface area contributed by atoms with E-state index < -0.39 is 17.3 Å². The summed E-state index contributed by atoms with van der Waals surface area (Å²) in [7, 11) is 1.57. The van der Waals surface area contributed by atoms with Gasteiger partial charge in [-0.2, -0.15) is 13.2 Å². The standard InChI is InChI=1S/C24H25F3N6O2/c1-13-20(24(25,26)27)23(35)31-19-7-14(8-30-21(13)19)10-33-16-3-4-17(33)12-32(11-16)15-5-6-18(29-9-15)22(34)28-2/h5-9,16-17H,3-4,10-12H2,1-2H3,(H,28,34)(H,31,35). The second-order valence-electron chi connectivity index (χ2n) is 9.13. The van der Waals surface area contributed by atoms with Gasteiger partial charge in [0.1, 0.15) is 11.3 Å². The van der Waals surface area contributed by atoms with Crippen molar-refractivity contribution in [3.05, 3.63) is 63.3 Å². The van der Waals surface area contributed by atoms with Crippen molar-refractivity contribution < 1.29 is 18.0 Å². The van der Waals surface area contributed by atoms with Crippen molar-refractivity contribution in [2.75, 3.05) is 25.0 Å². The largest absolute Gasteiger partial charge is 0.422 e. The van der Waals surface area contributed by atoms with Crippen molar-refractivity contribution in [3.8, 4) is 0 Å². The minimum absolute atomic E-state index is 0.154. The van der Waals surface area contributed by atoms with Crippen LogP contribution >= 0.6 is 0 Å². The van der Waals surface area contributed by atoms with Gasteiger partial charge in [0.2, 0.25) is 0 Å². The molecule has 184 valence electrons. The topological polar surface area (TPSA) is 94.2 Å². The number of halogens is 3.